The van der Waals surface area contributed by atoms with Crippen LogP contribution in [0.4, 0.5) is 28.4 Å². The minimum absolute atomic E-state index is 0.00530. The molecular weight excluding hydrogens is 829 g/mol. The molecule has 326 valence electrons. The van der Waals surface area contributed by atoms with Crippen LogP contribution in [0.2, 0.25) is 0 Å². The lowest BCUT2D eigenvalue weighted by Gasteiger charge is -2.34. The molecule has 0 unspecified atom stereocenters. The zero-order valence-corrected chi connectivity index (χ0v) is 38.0. The van der Waals surface area contributed by atoms with Gasteiger partial charge in [0.1, 0.15) is 5.76 Å². The summed E-state index contributed by atoms with van der Waals surface area (Å²) in [5, 5.41) is 4.88. The van der Waals surface area contributed by atoms with Crippen LogP contribution in [0.1, 0.15) is 54.9 Å². The van der Waals surface area contributed by atoms with Gasteiger partial charge in [-0.05, 0) is 159 Å². The zero-order valence-electron chi connectivity index (χ0n) is 38.0. The molecule has 9 aromatic carbocycles. The number of rotatable bonds is 7. The third-order valence-corrected chi connectivity index (χ3v) is 14.7. The Morgan fingerprint density at radius 1 is 0.500 bits per heavy atom. The summed E-state index contributed by atoms with van der Waals surface area (Å²) < 4.78 is 12.7. The number of allylic oxidation sites excluding steroid dienone is 4. The van der Waals surface area contributed by atoms with E-state index in [1.54, 1.807) is 6.08 Å². The average molecular weight is 877 g/mol. The molecule has 0 amide bonds. The minimum atomic E-state index is -0.00530. The molecule has 4 nitrogen and oxygen atoms in total. The molecule has 1 fully saturated rings. The maximum atomic E-state index is 6.39. The van der Waals surface area contributed by atoms with Gasteiger partial charge in [-0.3, -0.25) is 0 Å². The number of hydrogen-bond donors (Lipinski definition) is 0. The van der Waals surface area contributed by atoms with Gasteiger partial charge in [0, 0.05) is 16.8 Å². The van der Waals surface area contributed by atoms with E-state index >= 15 is 0 Å². The van der Waals surface area contributed by atoms with Crippen LogP contribution < -0.4 is 19.3 Å². The van der Waals surface area contributed by atoms with Crippen molar-refractivity contribution in [3.8, 4) is 39.5 Å². The third kappa shape index (κ3) is 6.36. The normalized spacial score (nSPS) is 15.4. The number of nitrogens with zero attached hydrogens (tertiary/aromatic N) is 2. The smallest absolute Gasteiger partial charge is 0.151 e. The fraction of sp³-hybridized carbons (Fsp3) is 0.0938. The Balaban J connectivity index is 0.816. The van der Waals surface area contributed by atoms with Crippen LogP contribution in [0.15, 0.2) is 218 Å². The first kappa shape index (κ1) is 40.0. The van der Waals surface area contributed by atoms with Crippen molar-refractivity contribution in [3.63, 3.8) is 0 Å². The highest BCUT2D eigenvalue weighted by molar-refractivity contribution is 6.04. The summed E-state index contributed by atoms with van der Waals surface area (Å²) in [6.45, 7) is 6.04. The first-order valence-electron chi connectivity index (χ1n) is 23.8. The van der Waals surface area contributed by atoms with Crippen LogP contribution >= 0.6 is 0 Å². The Bertz CT molecular complexity index is 3600. The lowest BCUT2D eigenvalue weighted by Crippen LogP contribution is -2.24. The lowest BCUT2D eigenvalue weighted by atomic mass is 9.76. The highest BCUT2D eigenvalue weighted by atomic mass is 16.5. The molecule has 0 saturated heterocycles. The Hall–Kier alpha value is -8.34. The van der Waals surface area contributed by atoms with Crippen molar-refractivity contribution < 1.29 is 9.47 Å². The molecule has 1 spiro atoms. The lowest BCUT2D eigenvalue weighted by molar-refractivity contribution is 0.428. The first-order valence-corrected chi connectivity index (χ1v) is 23.8. The van der Waals surface area contributed by atoms with Crippen LogP contribution in [-0.2, 0) is 5.41 Å². The number of para-hydroxylation sites is 6. The van der Waals surface area contributed by atoms with Crippen molar-refractivity contribution in [2.24, 2.45) is 0 Å². The van der Waals surface area contributed by atoms with E-state index in [2.05, 4.69) is 187 Å². The van der Waals surface area contributed by atoms with E-state index < -0.39 is 0 Å². The predicted molar refractivity (Wildman–Crippen MR) is 283 cm³/mol. The second-order valence-corrected chi connectivity index (χ2v) is 18.5. The number of benzene rings is 9. The van der Waals surface area contributed by atoms with Crippen molar-refractivity contribution in [2.45, 2.75) is 38.0 Å². The van der Waals surface area contributed by atoms with Crippen molar-refractivity contribution in [1.82, 2.24) is 0 Å². The highest BCUT2D eigenvalue weighted by Crippen LogP contribution is 2.58. The number of anilines is 5. The van der Waals surface area contributed by atoms with E-state index in [0.29, 0.717) is 0 Å². The van der Waals surface area contributed by atoms with Gasteiger partial charge in [-0.1, -0.05) is 159 Å². The molecular formula is C64H48N2O2. The van der Waals surface area contributed by atoms with Crippen LogP contribution in [0.3, 0.4) is 0 Å². The quantitative estimate of drug-likeness (QED) is 0.118. The molecule has 9 aromatic rings. The Morgan fingerprint density at radius 3 is 1.84 bits per heavy atom. The summed E-state index contributed by atoms with van der Waals surface area (Å²) in [6.07, 6.45) is 15.1. The van der Waals surface area contributed by atoms with Gasteiger partial charge in [0.2, 0.25) is 0 Å². The van der Waals surface area contributed by atoms with Gasteiger partial charge >= 0.3 is 0 Å². The maximum Gasteiger partial charge on any atom is 0.151 e. The van der Waals surface area contributed by atoms with Crippen LogP contribution in [0, 0.1) is 0 Å². The maximum absolute atomic E-state index is 6.39. The summed E-state index contributed by atoms with van der Waals surface area (Å²) in [4.78, 5) is 4.66. The molecule has 4 heteroatoms. The average Bonchev–Trinajstić information content (AvgIpc) is 3.99. The van der Waals surface area contributed by atoms with Gasteiger partial charge in [-0.25, -0.2) is 0 Å². The van der Waals surface area contributed by atoms with Crippen LogP contribution in [-0.4, -0.2) is 0 Å². The summed E-state index contributed by atoms with van der Waals surface area (Å²) in [7, 11) is 0. The van der Waals surface area contributed by atoms with Gasteiger partial charge in [-0.15, -0.1) is 0 Å². The SMILES string of the molecule is C=C/C=C\C1=C(C)N(c2ccc3c(c2)C2(CCCC2)c2cc(/C=C/c4ccc(-c5ccc6cc(N7c8ccccc8Oc8ccccc87)ccc6c5)c5ccccc45)ccc2-3)c2ccccc2O1. The summed E-state index contributed by atoms with van der Waals surface area (Å²) >= 11 is 0. The number of hydrogen-bond acceptors (Lipinski definition) is 4. The van der Waals surface area contributed by atoms with Gasteiger partial charge in [0.15, 0.2) is 17.2 Å². The number of fused-ring (bicyclic) bond motifs is 10. The standard InChI is InChI=1S/C64H48N2O2/c1-3-4-20-60-42(2)65(57-17-7-10-21-61(57)67-60)49-32-35-54-53-33-25-43(38-55(53)64(56(54)41-49)36-13-14-37-64)24-26-44-30-34-51(52-16-6-5-15-50(44)52)47-28-27-46-40-48(31-29-45(46)39-47)66-58-18-8-11-22-62(58)68-63-23-12-9-19-59(63)66/h3-12,15-35,38-41H,1,13-14,36-37H2,2H3/b20-4-,26-24+. The molecule has 13 rings (SSSR count). The van der Waals surface area contributed by atoms with E-state index in [1.807, 2.05) is 42.5 Å². The van der Waals surface area contributed by atoms with Gasteiger partial charge < -0.3 is 19.3 Å². The Morgan fingerprint density at radius 2 is 1.09 bits per heavy atom. The number of ether oxygens (including phenoxy) is 2. The monoisotopic (exact) mass is 876 g/mol. The largest absolute Gasteiger partial charge is 0.453 e. The minimum Gasteiger partial charge on any atom is -0.453 e. The third-order valence-electron chi connectivity index (χ3n) is 14.7. The molecule has 2 aliphatic heterocycles. The Kier molecular flexibility index (Phi) is 9.36. The molecule has 2 aliphatic carbocycles. The zero-order chi connectivity index (χ0) is 45.3. The molecule has 0 bridgehead atoms. The van der Waals surface area contributed by atoms with E-state index in [4.69, 9.17) is 9.47 Å². The fourth-order valence-electron chi connectivity index (χ4n) is 11.5. The van der Waals surface area contributed by atoms with Crippen LogP contribution in [0.25, 0.3) is 56.0 Å². The summed E-state index contributed by atoms with van der Waals surface area (Å²) in [5.74, 6) is 3.39. The molecule has 1 saturated carbocycles. The summed E-state index contributed by atoms with van der Waals surface area (Å²) in [6, 6.07) is 66.2. The Labute approximate surface area is 397 Å². The fourth-order valence-corrected chi connectivity index (χ4v) is 11.5. The molecule has 0 atom stereocenters. The van der Waals surface area contributed by atoms with Gasteiger partial charge in [0.05, 0.1) is 22.8 Å². The van der Waals surface area contributed by atoms with Crippen molar-refractivity contribution >= 4 is 62.1 Å². The van der Waals surface area contributed by atoms with Crippen molar-refractivity contribution in [2.75, 3.05) is 9.80 Å². The first-order chi connectivity index (χ1) is 33.5. The van der Waals surface area contributed by atoms with E-state index in [-0.39, 0.29) is 5.41 Å². The molecule has 0 N–H and O–H groups in total. The highest BCUT2D eigenvalue weighted by Gasteiger charge is 2.45. The van der Waals surface area contributed by atoms with E-state index in [9.17, 15) is 0 Å². The second-order valence-electron chi connectivity index (χ2n) is 18.5. The predicted octanol–water partition coefficient (Wildman–Crippen LogP) is 17.8. The molecule has 4 aliphatic rings. The second kappa shape index (κ2) is 15.9. The van der Waals surface area contributed by atoms with E-state index in [1.165, 1.54) is 78.9 Å². The van der Waals surface area contributed by atoms with E-state index in [0.717, 1.165) is 70.0 Å². The van der Waals surface area contributed by atoms with Gasteiger partial charge in [-0.2, -0.15) is 0 Å². The summed E-state index contributed by atoms with van der Waals surface area (Å²) in [5.41, 5.74) is 17.0. The van der Waals surface area contributed by atoms with Crippen molar-refractivity contribution in [1.29, 1.82) is 0 Å². The van der Waals surface area contributed by atoms with Crippen LogP contribution in [0.5, 0.6) is 17.2 Å². The molecule has 0 aromatic heterocycles. The topological polar surface area (TPSA) is 24.9 Å². The molecule has 68 heavy (non-hydrogen) atoms. The molecule has 2 heterocycles. The molecule has 0 radical (unpaired) electrons. The van der Waals surface area contributed by atoms with Crippen molar-refractivity contribution in [3.05, 3.63) is 241 Å². The van der Waals surface area contributed by atoms with Gasteiger partial charge in [0.25, 0.3) is 0 Å².